The predicted molar refractivity (Wildman–Crippen MR) is 46.6 cm³/mol. The number of aliphatic carboxylic acids is 1. The molecular formula is C7H13ClO5. The summed E-state index contributed by atoms with van der Waals surface area (Å²) in [7, 11) is 1.23. The number of aliphatic hydroxyl groups is 1. The Morgan fingerprint density at radius 3 is 1.69 bits per heavy atom. The third-order valence-electron chi connectivity index (χ3n) is 0.883. The molecule has 2 atom stereocenters. The van der Waals surface area contributed by atoms with Gasteiger partial charge in [-0.2, -0.15) is 0 Å². The Balaban J connectivity index is 0. The van der Waals surface area contributed by atoms with Gasteiger partial charge in [0.2, 0.25) is 0 Å². The molecule has 0 aromatic heterocycles. The number of carbonyl (C=O) groups excluding carboxylic acids is 1. The normalized spacial score (nSPS) is 13.3. The van der Waals surface area contributed by atoms with Gasteiger partial charge in [-0.15, -0.1) is 11.6 Å². The van der Waals surface area contributed by atoms with Crippen molar-refractivity contribution >= 4 is 23.5 Å². The standard InChI is InChI=1S/C4H8O3.C3H5ClO2/c1-3(5)4(6)7-2;1-2(4)3(5)6/h3,5H,1-2H3;2H,1H3,(H,5,6). The molecule has 0 amide bonds. The maximum Gasteiger partial charge on any atom is 0.334 e. The highest BCUT2D eigenvalue weighted by molar-refractivity contribution is 6.29. The number of aliphatic hydroxyl groups excluding tert-OH is 1. The first kappa shape index (κ1) is 14.7. The Bertz CT molecular complexity index is 166. The van der Waals surface area contributed by atoms with Crippen LogP contribution in [0.3, 0.4) is 0 Å². The Morgan fingerprint density at radius 2 is 1.69 bits per heavy atom. The lowest BCUT2D eigenvalue weighted by Crippen LogP contribution is -2.16. The van der Waals surface area contributed by atoms with Gasteiger partial charge in [0.05, 0.1) is 7.11 Å². The van der Waals surface area contributed by atoms with Crippen molar-refractivity contribution in [3.05, 3.63) is 0 Å². The van der Waals surface area contributed by atoms with E-state index in [1.807, 2.05) is 0 Å². The zero-order valence-corrected chi connectivity index (χ0v) is 8.41. The fraction of sp³-hybridized carbons (Fsp3) is 0.714. The summed E-state index contributed by atoms with van der Waals surface area (Å²) in [6.45, 7) is 2.76. The Kier molecular flexibility index (Phi) is 8.84. The van der Waals surface area contributed by atoms with E-state index >= 15 is 0 Å². The molecule has 2 N–H and O–H groups in total. The molecule has 0 aliphatic carbocycles. The smallest absolute Gasteiger partial charge is 0.334 e. The lowest BCUT2D eigenvalue weighted by atomic mass is 10.4. The number of hydrogen-bond donors (Lipinski definition) is 2. The molecule has 13 heavy (non-hydrogen) atoms. The first-order valence-electron chi connectivity index (χ1n) is 3.45. The monoisotopic (exact) mass is 212 g/mol. The van der Waals surface area contributed by atoms with Crippen molar-refractivity contribution in [1.29, 1.82) is 0 Å². The van der Waals surface area contributed by atoms with Crippen LogP contribution in [0.2, 0.25) is 0 Å². The van der Waals surface area contributed by atoms with Crippen molar-refractivity contribution in [2.45, 2.75) is 25.3 Å². The van der Waals surface area contributed by atoms with Crippen LogP contribution in [-0.2, 0) is 14.3 Å². The number of ether oxygens (including phenoxy) is 1. The van der Waals surface area contributed by atoms with Gasteiger partial charge >= 0.3 is 11.9 Å². The van der Waals surface area contributed by atoms with Gasteiger partial charge in [-0.3, -0.25) is 4.79 Å². The van der Waals surface area contributed by atoms with Crippen molar-refractivity contribution in [2.24, 2.45) is 0 Å². The van der Waals surface area contributed by atoms with E-state index in [0.29, 0.717) is 0 Å². The van der Waals surface area contributed by atoms with Crippen molar-refractivity contribution in [3.63, 3.8) is 0 Å². The van der Waals surface area contributed by atoms with Crippen LogP contribution in [0, 0.1) is 0 Å². The average Bonchev–Trinajstić information content (AvgIpc) is 2.03. The summed E-state index contributed by atoms with van der Waals surface area (Å²) in [4.78, 5) is 19.6. The van der Waals surface area contributed by atoms with Crippen LogP contribution in [-0.4, -0.2) is 40.7 Å². The van der Waals surface area contributed by atoms with Gasteiger partial charge in [0.15, 0.2) is 0 Å². The van der Waals surface area contributed by atoms with Crippen molar-refractivity contribution in [1.82, 2.24) is 0 Å². The molecule has 0 fully saturated rings. The van der Waals surface area contributed by atoms with Crippen LogP contribution in [0.15, 0.2) is 0 Å². The van der Waals surface area contributed by atoms with E-state index in [9.17, 15) is 9.59 Å². The van der Waals surface area contributed by atoms with Gasteiger partial charge in [-0.1, -0.05) is 0 Å². The summed E-state index contributed by atoms with van der Waals surface area (Å²) in [6.07, 6.45) is -0.995. The molecule has 0 saturated heterocycles. The Labute approximate surface area is 81.3 Å². The highest BCUT2D eigenvalue weighted by Crippen LogP contribution is 1.89. The molecule has 0 aromatic rings. The van der Waals surface area contributed by atoms with E-state index in [1.165, 1.54) is 21.0 Å². The number of alkyl halides is 1. The topological polar surface area (TPSA) is 83.8 Å². The van der Waals surface area contributed by atoms with E-state index in [-0.39, 0.29) is 0 Å². The van der Waals surface area contributed by atoms with E-state index in [0.717, 1.165) is 0 Å². The predicted octanol–water partition coefficient (Wildman–Crippen LogP) is 0.238. The molecule has 78 valence electrons. The first-order valence-corrected chi connectivity index (χ1v) is 3.89. The fourth-order valence-corrected chi connectivity index (χ4v) is 0.171. The van der Waals surface area contributed by atoms with Gasteiger partial charge < -0.3 is 14.9 Å². The number of carboxylic acids is 1. The van der Waals surface area contributed by atoms with Gasteiger partial charge in [0.1, 0.15) is 11.5 Å². The van der Waals surface area contributed by atoms with Gasteiger partial charge in [-0.25, -0.2) is 4.79 Å². The number of carbonyl (C=O) groups is 2. The van der Waals surface area contributed by atoms with Crippen LogP contribution < -0.4 is 0 Å². The van der Waals surface area contributed by atoms with Crippen LogP contribution in [0.4, 0.5) is 0 Å². The number of hydrogen-bond acceptors (Lipinski definition) is 4. The maximum absolute atomic E-state index is 10.0. The Morgan fingerprint density at radius 1 is 1.38 bits per heavy atom. The molecule has 0 spiro atoms. The van der Waals surface area contributed by atoms with E-state index < -0.39 is 23.4 Å². The fourth-order valence-electron chi connectivity index (χ4n) is 0.171. The summed E-state index contributed by atoms with van der Waals surface area (Å²) in [5.41, 5.74) is 0. The second-order valence-corrected chi connectivity index (χ2v) is 2.81. The molecule has 0 radical (unpaired) electrons. The molecular weight excluding hydrogens is 200 g/mol. The summed E-state index contributed by atoms with van der Waals surface area (Å²) in [5.74, 6) is -1.57. The molecule has 0 saturated carbocycles. The van der Waals surface area contributed by atoms with Crippen molar-refractivity contribution < 1.29 is 24.5 Å². The third kappa shape index (κ3) is 11.2. The summed E-state index contributed by atoms with van der Waals surface area (Å²) < 4.78 is 4.12. The van der Waals surface area contributed by atoms with Crippen LogP contribution in [0.25, 0.3) is 0 Å². The molecule has 5 nitrogen and oxygen atoms in total. The molecule has 0 aliphatic rings. The second kappa shape index (κ2) is 7.82. The number of esters is 1. The van der Waals surface area contributed by atoms with Crippen LogP contribution in [0.1, 0.15) is 13.8 Å². The Hall–Kier alpha value is -0.810. The maximum atomic E-state index is 10.0. The van der Waals surface area contributed by atoms with E-state index in [1.54, 1.807) is 0 Å². The van der Waals surface area contributed by atoms with Gasteiger partial charge in [0.25, 0.3) is 0 Å². The lowest BCUT2D eigenvalue weighted by Gasteiger charge is -1.97. The highest BCUT2D eigenvalue weighted by Gasteiger charge is 2.05. The van der Waals surface area contributed by atoms with Crippen LogP contribution >= 0.6 is 11.6 Å². The van der Waals surface area contributed by atoms with E-state index in [2.05, 4.69) is 4.74 Å². The highest BCUT2D eigenvalue weighted by atomic mass is 35.5. The van der Waals surface area contributed by atoms with Crippen molar-refractivity contribution in [3.8, 4) is 0 Å². The van der Waals surface area contributed by atoms with Crippen LogP contribution in [0.5, 0.6) is 0 Å². The molecule has 0 aliphatic heterocycles. The minimum absolute atomic E-state index is 0.597. The minimum atomic E-state index is -0.995. The number of carboxylic acid groups (broad SMARTS) is 1. The zero-order valence-electron chi connectivity index (χ0n) is 7.65. The SMILES string of the molecule is CC(Cl)C(=O)O.COC(=O)C(C)O. The number of halogens is 1. The van der Waals surface area contributed by atoms with E-state index in [4.69, 9.17) is 21.8 Å². The minimum Gasteiger partial charge on any atom is -0.480 e. The molecule has 0 rings (SSSR count). The van der Waals surface area contributed by atoms with Gasteiger partial charge in [0, 0.05) is 0 Å². The quantitative estimate of drug-likeness (QED) is 0.506. The summed E-state index contributed by atoms with van der Waals surface area (Å²) in [5, 5.41) is 15.4. The zero-order chi connectivity index (χ0) is 11.0. The number of rotatable bonds is 2. The lowest BCUT2D eigenvalue weighted by molar-refractivity contribution is -0.149. The molecule has 0 aromatic carbocycles. The summed E-state index contributed by atoms with van der Waals surface area (Å²) in [6, 6.07) is 0. The third-order valence-corrected chi connectivity index (χ3v) is 1.07. The summed E-state index contributed by atoms with van der Waals surface area (Å²) >= 11 is 5.01. The molecule has 6 heteroatoms. The molecule has 0 heterocycles. The first-order chi connectivity index (χ1) is 5.82. The molecule has 0 bridgehead atoms. The molecule has 2 unspecified atom stereocenters. The average molecular weight is 213 g/mol. The van der Waals surface area contributed by atoms with Gasteiger partial charge in [-0.05, 0) is 13.8 Å². The van der Waals surface area contributed by atoms with Crippen molar-refractivity contribution in [2.75, 3.05) is 7.11 Å². The number of methoxy groups -OCH3 is 1. The second-order valence-electron chi connectivity index (χ2n) is 2.15. The largest absolute Gasteiger partial charge is 0.480 e.